The number of hydrogen-bond acceptors (Lipinski definition) is 4. The van der Waals surface area contributed by atoms with Crippen LogP contribution in [0.2, 0.25) is 0 Å². The molecule has 0 saturated carbocycles. The van der Waals surface area contributed by atoms with Crippen LogP contribution in [0.25, 0.3) is 0 Å². The van der Waals surface area contributed by atoms with Crippen LogP contribution >= 0.6 is 0 Å². The highest BCUT2D eigenvalue weighted by Gasteiger charge is 2.13. The number of hydrogen-bond donors (Lipinski definition) is 1. The van der Waals surface area contributed by atoms with Crippen molar-refractivity contribution in [3.05, 3.63) is 59.7 Å². The molecule has 1 heterocycles. The van der Waals surface area contributed by atoms with E-state index in [0.29, 0.717) is 19.8 Å². The second-order valence-corrected chi connectivity index (χ2v) is 5.46. The van der Waals surface area contributed by atoms with Crippen LogP contribution in [0.15, 0.2) is 48.5 Å². The predicted molar refractivity (Wildman–Crippen MR) is 87.0 cm³/mol. The third-order valence-electron chi connectivity index (χ3n) is 3.71. The lowest BCUT2D eigenvalue weighted by atomic mass is 10.1. The molecule has 0 radical (unpaired) electrons. The Kier molecular flexibility index (Phi) is 4.93. The van der Waals surface area contributed by atoms with Gasteiger partial charge in [0.25, 0.3) is 0 Å². The molecule has 1 aliphatic heterocycles. The number of ether oxygens (including phenoxy) is 2. The van der Waals surface area contributed by atoms with Crippen molar-refractivity contribution in [2.75, 3.05) is 26.3 Å². The predicted octanol–water partition coefficient (Wildman–Crippen LogP) is 2.42. The fourth-order valence-electron chi connectivity index (χ4n) is 2.68. The van der Waals surface area contributed by atoms with Crippen LogP contribution in [0.5, 0.6) is 11.5 Å². The van der Waals surface area contributed by atoms with Crippen molar-refractivity contribution in [2.45, 2.75) is 13.1 Å². The first-order valence-corrected chi connectivity index (χ1v) is 7.70. The monoisotopic (exact) mass is 298 g/mol. The third kappa shape index (κ3) is 3.78. The van der Waals surface area contributed by atoms with E-state index in [0.717, 1.165) is 31.1 Å². The molecule has 3 rings (SSSR count). The van der Waals surface area contributed by atoms with Crippen molar-refractivity contribution >= 4 is 0 Å². The van der Waals surface area contributed by atoms with Crippen LogP contribution in [0, 0.1) is 0 Å². The highest BCUT2D eigenvalue weighted by Crippen LogP contribution is 2.31. The zero-order chi connectivity index (χ0) is 15.2. The van der Waals surface area contributed by atoms with Crippen molar-refractivity contribution in [2.24, 2.45) is 5.73 Å². The molecule has 4 heteroatoms. The number of fused-ring (bicyclic) bond motifs is 1. The van der Waals surface area contributed by atoms with E-state index in [-0.39, 0.29) is 0 Å². The molecule has 0 saturated heterocycles. The van der Waals surface area contributed by atoms with Gasteiger partial charge in [0.05, 0.1) is 0 Å². The minimum Gasteiger partial charge on any atom is -0.486 e. The van der Waals surface area contributed by atoms with Gasteiger partial charge >= 0.3 is 0 Å². The first kappa shape index (κ1) is 14.9. The number of benzene rings is 2. The maximum atomic E-state index is 5.76. The van der Waals surface area contributed by atoms with Gasteiger partial charge < -0.3 is 15.2 Å². The molecule has 0 atom stereocenters. The Morgan fingerprint density at radius 3 is 2.36 bits per heavy atom. The van der Waals surface area contributed by atoms with Crippen LogP contribution in [-0.4, -0.2) is 31.2 Å². The van der Waals surface area contributed by atoms with Gasteiger partial charge in [-0.15, -0.1) is 0 Å². The van der Waals surface area contributed by atoms with Gasteiger partial charge in [-0.25, -0.2) is 0 Å². The molecule has 116 valence electrons. The Morgan fingerprint density at radius 2 is 1.59 bits per heavy atom. The maximum Gasteiger partial charge on any atom is 0.161 e. The van der Waals surface area contributed by atoms with Crippen LogP contribution in [-0.2, 0) is 13.1 Å². The first-order valence-electron chi connectivity index (χ1n) is 7.70. The summed E-state index contributed by atoms with van der Waals surface area (Å²) >= 11 is 0. The van der Waals surface area contributed by atoms with Gasteiger partial charge in [-0.2, -0.15) is 0 Å². The highest BCUT2D eigenvalue weighted by molar-refractivity contribution is 5.43. The van der Waals surface area contributed by atoms with Gasteiger partial charge in [-0.1, -0.05) is 36.4 Å². The molecule has 1 aliphatic rings. The summed E-state index contributed by atoms with van der Waals surface area (Å²) in [5.41, 5.74) is 8.28. The molecule has 0 aliphatic carbocycles. The van der Waals surface area contributed by atoms with Crippen LogP contribution in [0.4, 0.5) is 0 Å². The minimum absolute atomic E-state index is 0.618. The number of nitrogens with zero attached hydrogens (tertiary/aromatic N) is 1. The Morgan fingerprint density at radius 1 is 0.864 bits per heavy atom. The summed E-state index contributed by atoms with van der Waals surface area (Å²) in [6, 6.07) is 16.6. The van der Waals surface area contributed by atoms with E-state index in [4.69, 9.17) is 15.2 Å². The summed E-state index contributed by atoms with van der Waals surface area (Å²) in [5.74, 6) is 1.68. The Hall–Kier alpha value is -2.04. The van der Waals surface area contributed by atoms with Crippen molar-refractivity contribution < 1.29 is 9.47 Å². The molecule has 0 aromatic heterocycles. The fraction of sp³-hybridized carbons (Fsp3) is 0.333. The van der Waals surface area contributed by atoms with E-state index < -0.39 is 0 Å². The van der Waals surface area contributed by atoms with E-state index >= 15 is 0 Å². The number of rotatable bonds is 6. The molecule has 0 fully saturated rings. The van der Waals surface area contributed by atoms with E-state index in [1.807, 2.05) is 12.1 Å². The first-order chi connectivity index (χ1) is 10.8. The normalized spacial score (nSPS) is 13.4. The largest absolute Gasteiger partial charge is 0.486 e. The Balaban J connectivity index is 1.70. The molecular formula is C18H22N2O2. The van der Waals surface area contributed by atoms with Crippen LogP contribution < -0.4 is 15.2 Å². The average Bonchev–Trinajstić information content (AvgIpc) is 2.56. The Labute approximate surface area is 131 Å². The summed E-state index contributed by atoms with van der Waals surface area (Å²) in [6.07, 6.45) is 0. The summed E-state index contributed by atoms with van der Waals surface area (Å²) in [7, 11) is 0. The smallest absolute Gasteiger partial charge is 0.161 e. The van der Waals surface area contributed by atoms with E-state index in [9.17, 15) is 0 Å². The quantitative estimate of drug-likeness (QED) is 0.890. The van der Waals surface area contributed by atoms with Crippen molar-refractivity contribution in [1.29, 1.82) is 0 Å². The van der Waals surface area contributed by atoms with E-state index in [1.165, 1.54) is 11.1 Å². The van der Waals surface area contributed by atoms with Crippen molar-refractivity contribution in [3.8, 4) is 11.5 Å². The highest BCUT2D eigenvalue weighted by atomic mass is 16.6. The van der Waals surface area contributed by atoms with Crippen LogP contribution in [0.3, 0.4) is 0 Å². The lowest BCUT2D eigenvalue weighted by Crippen LogP contribution is -2.28. The average molecular weight is 298 g/mol. The topological polar surface area (TPSA) is 47.7 Å². The summed E-state index contributed by atoms with van der Waals surface area (Å²) in [5, 5.41) is 0. The summed E-state index contributed by atoms with van der Waals surface area (Å²) < 4.78 is 11.2. The van der Waals surface area contributed by atoms with Crippen molar-refractivity contribution in [1.82, 2.24) is 4.90 Å². The minimum atomic E-state index is 0.618. The molecule has 0 amide bonds. The molecule has 4 nitrogen and oxygen atoms in total. The summed E-state index contributed by atoms with van der Waals surface area (Å²) in [6.45, 7) is 4.50. The van der Waals surface area contributed by atoms with Gasteiger partial charge in [0.1, 0.15) is 13.2 Å². The van der Waals surface area contributed by atoms with Gasteiger partial charge in [-0.05, 0) is 23.3 Å². The van der Waals surface area contributed by atoms with Gasteiger partial charge in [0.2, 0.25) is 0 Å². The second-order valence-electron chi connectivity index (χ2n) is 5.46. The fourth-order valence-corrected chi connectivity index (χ4v) is 2.68. The van der Waals surface area contributed by atoms with Crippen molar-refractivity contribution in [3.63, 3.8) is 0 Å². The molecular weight excluding hydrogens is 276 g/mol. The lowest BCUT2D eigenvalue weighted by molar-refractivity contribution is 0.171. The van der Waals surface area contributed by atoms with E-state index in [1.54, 1.807) is 0 Å². The van der Waals surface area contributed by atoms with Gasteiger partial charge in [-0.3, -0.25) is 4.90 Å². The molecule has 0 unspecified atom stereocenters. The maximum absolute atomic E-state index is 5.76. The molecule has 0 spiro atoms. The molecule has 2 aromatic rings. The SMILES string of the molecule is NCCN(Cc1ccccc1)Cc1ccc2c(c1)OCCO2. The third-order valence-corrected chi connectivity index (χ3v) is 3.71. The zero-order valence-corrected chi connectivity index (χ0v) is 12.7. The Bertz CT molecular complexity index is 601. The standard InChI is InChI=1S/C18H22N2O2/c19-8-9-20(13-15-4-2-1-3-5-15)14-16-6-7-17-18(12-16)22-11-10-21-17/h1-7,12H,8-11,13-14,19H2. The van der Waals surface area contributed by atoms with Gasteiger partial charge in [0, 0.05) is 26.2 Å². The van der Waals surface area contributed by atoms with Crippen LogP contribution in [0.1, 0.15) is 11.1 Å². The molecule has 0 bridgehead atoms. The molecule has 22 heavy (non-hydrogen) atoms. The second kappa shape index (κ2) is 7.29. The van der Waals surface area contributed by atoms with Gasteiger partial charge in [0.15, 0.2) is 11.5 Å². The lowest BCUT2D eigenvalue weighted by Gasteiger charge is -2.23. The molecule has 2 N–H and O–H groups in total. The zero-order valence-electron chi connectivity index (χ0n) is 12.7. The number of nitrogens with two attached hydrogens (primary N) is 1. The molecule has 2 aromatic carbocycles. The van der Waals surface area contributed by atoms with E-state index in [2.05, 4.69) is 41.3 Å². The summed E-state index contributed by atoms with van der Waals surface area (Å²) in [4.78, 5) is 2.35.